The molecule has 2 fully saturated rings. The molecule has 4 aliphatic rings. The van der Waals surface area contributed by atoms with E-state index in [4.69, 9.17) is 0 Å². The number of amides is 2. The van der Waals surface area contributed by atoms with Gasteiger partial charge < -0.3 is 10.6 Å². The molecule has 34 heavy (non-hydrogen) atoms. The Labute approximate surface area is 204 Å². The molecule has 4 heteroatoms. The number of urea groups is 1. The van der Waals surface area contributed by atoms with Gasteiger partial charge in [-0.1, -0.05) is 48.5 Å². The van der Waals surface area contributed by atoms with Crippen molar-refractivity contribution in [3.63, 3.8) is 0 Å². The number of aryl methyl sites for hydroxylation is 1. The van der Waals surface area contributed by atoms with Gasteiger partial charge >= 0.3 is 6.03 Å². The quantitative estimate of drug-likeness (QED) is 0.564. The van der Waals surface area contributed by atoms with Crippen LogP contribution in [0.15, 0.2) is 48.5 Å². The van der Waals surface area contributed by atoms with E-state index < -0.39 is 0 Å². The molecule has 1 saturated heterocycles. The first-order chi connectivity index (χ1) is 16.7. The van der Waals surface area contributed by atoms with Gasteiger partial charge in [-0.05, 0) is 105 Å². The molecule has 4 nitrogen and oxygen atoms in total. The van der Waals surface area contributed by atoms with Crippen molar-refractivity contribution < 1.29 is 4.79 Å². The van der Waals surface area contributed by atoms with Crippen LogP contribution in [0.3, 0.4) is 0 Å². The zero-order valence-corrected chi connectivity index (χ0v) is 20.3. The third-order valence-electron chi connectivity index (χ3n) is 9.21. The smallest absolute Gasteiger partial charge is 0.315 e. The van der Waals surface area contributed by atoms with E-state index in [1.165, 1.54) is 56.2 Å². The van der Waals surface area contributed by atoms with E-state index in [2.05, 4.69) is 64.1 Å². The third kappa shape index (κ3) is 4.49. The van der Waals surface area contributed by atoms with Crippen LogP contribution in [0.2, 0.25) is 0 Å². The van der Waals surface area contributed by atoms with Gasteiger partial charge in [0.15, 0.2) is 0 Å². The molecule has 0 radical (unpaired) electrons. The lowest BCUT2D eigenvalue weighted by Gasteiger charge is -2.31. The lowest BCUT2D eigenvalue weighted by molar-refractivity contribution is 0.185. The Morgan fingerprint density at radius 1 is 0.794 bits per heavy atom. The van der Waals surface area contributed by atoms with Crippen molar-refractivity contribution in [3.05, 3.63) is 70.8 Å². The topological polar surface area (TPSA) is 44.4 Å². The summed E-state index contributed by atoms with van der Waals surface area (Å²) in [6.45, 7) is 2.02. The first-order valence-electron chi connectivity index (χ1n) is 13.7. The van der Waals surface area contributed by atoms with Crippen molar-refractivity contribution in [1.82, 2.24) is 15.5 Å². The summed E-state index contributed by atoms with van der Waals surface area (Å²) in [6, 6.07) is 19.6. The normalized spacial score (nSPS) is 29.9. The molecule has 6 rings (SSSR count). The third-order valence-corrected chi connectivity index (χ3v) is 9.21. The predicted octanol–water partition coefficient (Wildman–Crippen LogP) is 5.93. The first-order valence-corrected chi connectivity index (χ1v) is 13.7. The average Bonchev–Trinajstić information content (AvgIpc) is 3.43. The highest BCUT2D eigenvalue weighted by Gasteiger charge is 2.43. The molecule has 2 aromatic rings. The summed E-state index contributed by atoms with van der Waals surface area (Å²) in [5.74, 6) is 1.37. The molecular formula is C30H39N3O. The molecular weight excluding hydrogens is 418 g/mol. The van der Waals surface area contributed by atoms with Gasteiger partial charge in [-0.3, -0.25) is 4.90 Å². The Balaban J connectivity index is 0.902. The van der Waals surface area contributed by atoms with Gasteiger partial charge in [-0.15, -0.1) is 0 Å². The van der Waals surface area contributed by atoms with Crippen LogP contribution in [0.1, 0.15) is 85.7 Å². The molecule has 180 valence electrons. The van der Waals surface area contributed by atoms with E-state index >= 15 is 0 Å². The molecule has 0 spiro atoms. The molecule has 2 N–H and O–H groups in total. The van der Waals surface area contributed by atoms with Crippen molar-refractivity contribution in [1.29, 1.82) is 0 Å². The Hall–Kier alpha value is -2.33. The number of fused-ring (bicyclic) bond motifs is 6. The minimum absolute atomic E-state index is 0.0358. The molecule has 2 bridgehead atoms. The number of hydrogen-bond donors (Lipinski definition) is 2. The van der Waals surface area contributed by atoms with Crippen LogP contribution in [0.4, 0.5) is 4.79 Å². The summed E-state index contributed by atoms with van der Waals surface area (Å²) in [4.78, 5) is 15.3. The van der Waals surface area contributed by atoms with Gasteiger partial charge in [0.05, 0.1) is 0 Å². The van der Waals surface area contributed by atoms with Gasteiger partial charge in [0.2, 0.25) is 0 Å². The number of carbonyl (C=O) groups is 1. The molecule has 2 heterocycles. The minimum atomic E-state index is 0.0358. The predicted molar refractivity (Wildman–Crippen MR) is 137 cm³/mol. The highest BCUT2D eigenvalue weighted by Crippen LogP contribution is 2.53. The highest BCUT2D eigenvalue weighted by molar-refractivity contribution is 5.74. The molecule has 2 aliphatic heterocycles. The van der Waals surface area contributed by atoms with E-state index in [0.29, 0.717) is 24.0 Å². The summed E-state index contributed by atoms with van der Waals surface area (Å²) in [7, 11) is 0. The maximum atomic E-state index is 12.5. The monoisotopic (exact) mass is 457 g/mol. The Kier molecular flexibility index (Phi) is 6.34. The van der Waals surface area contributed by atoms with Gasteiger partial charge in [0.1, 0.15) is 0 Å². The fourth-order valence-corrected chi connectivity index (χ4v) is 7.31. The minimum Gasteiger partial charge on any atom is -0.338 e. The zero-order valence-electron chi connectivity index (χ0n) is 20.3. The number of nitrogens with zero attached hydrogens (tertiary/aromatic N) is 1. The number of benzene rings is 2. The van der Waals surface area contributed by atoms with Gasteiger partial charge in [0, 0.05) is 24.7 Å². The molecule has 0 aromatic heterocycles. The van der Waals surface area contributed by atoms with Gasteiger partial charge in [-0.2, -0.15) is 0 Å². The summed E-state index contributed by atoms with van der Waals surface area (Å²) in [6.07, 6.45) is 12.1. The van der Waals surface area contributed by atoms with E-state index in [-0.39, 0.29) is 6.03 Å². The second-order valence-electron chi connectivity index (χ2n) is 11.2. The summed E-state index contributed by atoms with van der Waals surface area (Å²) in [5.41, 5.74) is 6.14. The number of hydrogen-bond acceptors (Lipinski definition) is 2. The van der Waals surface area contributed by atoms with Crippen LogP contribution in [0.5, 0.6) is 0 Å². The van der Waals surface area contributed by atoms with E-state index in [1.54, 1.807) is 11.1 Å². The van der Waals surface area contributed by atoms with E-state index in [1.807, 2.05) is 0 Å². The zero-order chi connectivity index (χ0) is 22.9. The van der Waals surface area contributed by atoms with Crippen molar-refractivity contribution in [2.24, 2.45) is 11.8 Å². The Morgan fingerprint density at radius 2 is 1.47 bits per heavy atom. The van der Waals surface area contributed by atoms with Crippen LogP contribution in [0.25, 0.3) is 0 Å². The maximum absolute atomic E-state index is 12.5. The van der Waals surface area contributed by atoms with Crippen LogP contribution in [-0.2, 0) is 12.8 Å². The lowest BCUT2D eigenvalue weighted by atomic mass is 9.83. The van der Waals surface area contributed by atoms with Gasteiger partial charge in [0.25, 0.3) is 0 Å². The van der Waals surface area contributed by atoms with Crippen molar-refractivity contribution in [2.75, 3.05) is 13.1 Å². The van der Waals surface area contributed by atoms with Crippen molar-refractivity contribution in [2.45, 2.75) is 82.3 Å². The molecule has 2 aliphatic carbocycles. The first kappa shape index (κ1) is 22.2. The van der Waals surface area contributed by atoms with Crippen LogP contribution < -0.4 is 10.6 Å². The van der Waals surface area contributed by atoms with Crippen LogP contribution in [-0.4, -0.2) is 30.1 Å². The summed E-state index contributed by atoms with van der Waals surface area (Å²) >= 11 is 0. The summed E-state index contributed by atoms with van der Waals surface area (Å²) in [5, 5.41) is 6.44. The average molecular weight is 458 g/mol. The second-order valence-corrected chi connectivity index (χ2v) is 11.2. The van der Waals surface area contributed by atoms with Crippen molar-refractivity contribution >= 4 is 6.03 Å². The number of nitrogens with one attached hydrogen (secondary N) is 2. The molecule has 1 saturated carbocycles. The Bertz CT molecular complexity index is 981. The van der Waals surface area contributed by atoms with E-state index in [0.717, 1.165) is 38.1 Å². The SMILES string of the molecule is O=C(NCC1CCc2ccccc2C1)NC1CCC(CCN2C3CCC2c2ccccc23)CC1. The van der Waals surface area contributed by atoms with E-state index in [9.17, 15) is 4.79 Å². The number of rotatable bonds is 6. The summed E-state index contributed by atoms with van der Waals surface area (Å²) < 4.78 is 0. The van der Waals surface area contributed by atoms with Crippen molar-refractivity contribution in [3.8, 4) is 0 Å². The highest BCUT2D eigenvalue weighted by atomic mass is 16.2. The largest absolute Gasteiger partial charge is 0.338 e. The fraction of sp³-hybridized carbons (Fsp3) is 0.567. The second kappa shape index (κ2) is 9.73. The Morgan fingerprint density at radius 3 is 2.21 bits per heavy atom. The number of carbonyl (C=O) groups excluding carboxylic acids is 1. The van der Waals surface area contributed by atoms with Crippen LogP contribution in [0, 0.1) is 11.8 Å². The molecule has 2 aromatic carbocycles. The molecule has 3 unspecified atom stereocenters. The maximum Gasteiger partial charge on any atom is 0.315 e. The lowest BCUT2D eigenvalue weighted by Crippen LogP contribution is -2.45. The van der Waals surface area contributed by atoms with Crippen LogP contribution >= 0.6 is 0 Å². The standard InChI is InChI=1S/C30H39N3O/c34-30(31-20-22-9-12-23-5-1-2-6-24(23)19-22)32-25-13-10-21(11-14-25)17-18-33-28-15-16-29(33)27-8-4-3-7-26(27)28/h1-8,21-22,25,28-29H,9-20H2,(H2,31,32,34). The van der Waals surface area contributed by atoms with Gasteiger partial charge in [-0.25, -0.2) is 4.79 Å². The molecule has 2 amide bonds. The fourth-order valence-electron chi connectivity index (χ4n) is 7.31. The molecule has 3 atom stereocenters.